The van der Waals surface area contributed by atoms with Gasteiger partial charge in [0.15, 0.2) is 0 Å². The van der Waals surface area contributed by atoms with Gasteiger partial charge in [0.25, 0.3) is 5.56 Å². The van der Waals surface area contributed by atoms with Crippen LogP contribution in [0.1, 0.15) is 17.3 Å². The second-order valence-electron chi connectivity index (χ2n) is 2.81. The van der Waals surface area contributed by atoms with Gasteiger partial charge < -0.3 is 9.30 Å². The van der Waals surface area contributed by atoms with Crippen molar-refractivity contribution in [3.8, 4) is 0 Å². The molecule has 0 aliphatic rings. The highest BCUT2D eigenvalue weighted by molar-refractivity contribution is 6.33. The summed E-state index contributed by atoms with van der Waals surface area (Å²) in [5, 5.41) is -0.503. The third-order valence-corrected chi connectivity index (χ3v) is 2.12. The first-order valence-electron chi connectivity index (χ1n) is 4.20. The number of pyridine rings is 1. The van der Waals surface area contributed by atoms with Gasteiger partial charge in [0.2, 0.25) is 5.82 Å². The van der Waals surface area contributed by atoms with Gasteiger partial charge in [0, 0.05) is 13.2 Å². The molecular formula is C9H9ClFNO3. The molecule has 15 heavy (non-hydrogen) atoms. The third kappa shape index (κ3) is 2.18. The number of halogens is 2. The molecular weight excluding hydrogens is 225 g/mol. The van der Waals surface area contributed by atoms with E-state index in [2.05, 4.69) is 4.74 Å². The molecule has 0 saturated carbocycles. The fourth-order valence-electron chi connectivity index (χ4n) is 1.03. The summed E-state index contributed by atoms with van der Waals surface area (Å²) < 4.78 is 18.8. The number of rotatable bonds is 2. The lowest BCUT2D eigenvalue weighted by Crippen LogP contribution is -2.23. The quantitative estimate of drug-likeness (QED) is 0.725. The zero-order valence-electron chi connectivity index (χ0n) is 8.21. The smallest absolute Gasteiger partial charge is 0.341 e. The van der Waals surface area contributed by atoms with Gasteiger partial charge in [-0.3, -0.25) is 4.79 Å². The molecule has 0 aliphatic heterocycles. The number of esters is 1. The van der Waals surface area contributed by atoms with Crippen molar-refractivity contribution in [1.82, 2.24) is 4.57 Å². The van der Waals surface area contributed by atoms with Gasteiger partial charge >= 0.3 is 5.97 Å². The van der Waals surface area contributed by atoms with E-state index in [1.807, 2.05) is 0 Å². The second-order valence-corrected chi connectivity index (χ2v) is 3.19. The molecule has 0 fully saturated rings. The average molecular weight is 234 g/mol. The number of carbonyl (C=O) groups is 1. The number of hydrogen-bond donors (Lipinski definition) is 0. The lowest BCUT2D eigenvalue weighted by molar-refractivity contribution is 0.0525. The number of hydrogen-bond acceptors (Lipinski definition) is 3. The molecule has 0 aliphatic carbocycles. The van der Waals surface area contributed by atoms with E-state index in [4.69, 9.17) is 11.6 Å². The lowest BCUT2D eigenvalue weighted by Gasteiger charge is -2.06. The maximum absolute atomic E-state index is 13.2. The van der Waals surface area contributed by atoms with Crippen molar-refractivity contribution >= 4 is 17.6 Å². The minimum absolute atomic E-state index is 0.152. The Morgan fingerprint density at radius 3 is 2.80 bits per heavy atom. The van der Waals surface area contributed by atoms with E-state index in [0.717, 1.165) is 10.8 Å². The van der Waals surface area contributed by atoms with Gasteiger partial charge in [-0.2, -0.15) is 4.39 Å². The highest BCUT2D eigenvalue weighted by atomic mass is 35.5. The molecule has 0 radical (unpaired) electrons. The Hall–Kier alpha value is -1.36. The van der Waals surface area contributed by atoms with E-state index in [1.54, 1.807) is 6.92 Å². The van der Waals surface area contributed by atoms with Gasteiger partial charge in [-0.05, 0) is 6.92 Å². The van der Waals surface area contributed by atoms with Crippen molar-refractivity contribution in [3.05, 3.63) is 33.0 Å². The Morgan fingerprint density at radius 2 is 2.27 bits per heavy atom. The van der Waals surface area contributed by atoms with Crippen LogP contribution < -0.4 is 5.56 Å². The highest BCUT2D eigenvalue weighted by Gasteiger charge is 2.18. The maximum atomic E-state index is 13.2. The minimum Gasteiger partial charge on any atom is -0.462 e. The molecule has 0 atom stereocenters. The number of aryl methyl sites for hydroxylation is 1. The van der Waals surface area contributed by atoms with Crippen LogP contribution in [0.15, 0.2) is 11.0 Å². The number of ether oxygens (including phenoxy) is 1. The van der Waals surface area contributed by atoms with Gasteiger partial charge in [-0.25, -0.2) is 4.79 Å². The standard InChI is InChI=1S/C9H9ClFNO3/c1-3-15-9(14)5-4-12(2)8(13)7(11)6(5)10/h4H,3H2,1-2H3. The van der Waals surface area contributed by atoms with Crippen LogP contribution in [-0.2, 0) is 11.8 Å². The first-order chi connectivity index (χ1) is 6.99. The number of carbonyl (C=O) groups excluding carboxylic acids is 1. The molecule has 82 valence electrons. The summed E-state index contributed by atoms with van der Waals surface area (Å²) >= 11 is 5.51. The van der Waals surface area contributed by atoms with Crippen LogP contribution in [0, 0.1) is 5.82 Å². The molecule has 1 aromatic rings. The fraction of sp³-hybridized carbons (Fsp3) is 0.333. The molecule has 0 aromatic carbocycles. The normalized spacial score (nSPS) is 10.1. The Morgan fingerprint density at radius 1 is 1.67 bits per heavy atom. The molecule has 1 heterocycles. The topological polar surface area (TPSA) is 48.3 Å². The van der Waals surface area contributed by atoms with Crippen LogP contribution in [0.5, 0.6) is 0 Å². The Bertz CT molecular complexity index is 455. The summed E-state index contributed by atoms with van der Waals surface area (Å²) in [6, 6.07) is 0. The fourth-order valence-corrected chi connectivity index (χ4v) is 1.23. The van der Waals surface area contributed by atoms with E-state index >= 15 is 0 Å². The van der Waals surface area contributed by atoms with Crippen LogP contribution in [0.4, 0.5) is 4.39 Å². The van der Waals surface area contributed by atoms with Crippen LogP contribution in [0.2, 0.25) is 5.02 Å². The van der Waals surface area contributed by atoms with Crippen molar-refractivity contribution in [2.24, 2.45) is 7.05 Å². The van der Waals surface area contributed by atoms with E-state index in [0.29, 0.717) is 0 Å². The monoisotopic (exact) mass is 233 g/mol. The molecule has 0 saturated heterocycles. The lowest BCUT2D eigenvalue weighted by atomic mass is 10.3. The van der Waals surface area contributed by atoms with E-state index in [1.165, 1.54) is 7.05 Å². The number of nitrogens with zero attached hydrogens (tertiary/aromatic N) is 1. The zero-order valence-corrected chi connectivity index (χ0v) is 8.97. The van der Waals surface area contributed by atoms with E-state index in [9.17, 15) is 14.0 Å². The van der Waals surface area contributed by atoms with Crippen LogP contribution >= 0.6 is 11.6 Å². The first kappa shape index (κ1) is 11.7. The summed E-state index contributed by atoms with van der Waals surface area (Å²) in [5.74, 6) is -1.90. The summed E-state index contributed by atoms with van der Waals surface area (Å²) in [6.07, 6.45) is 1.14. The number of aromatic nitrogens is 1. The highest BCUT2D eigenvalue weighted by Crippen LogP contribution is 2.17. The van der Waals surface area contributed by atoms with Crippen LogP contribution in [-0.4, -0.2) is 17.1 Å². The van der Waals surface area contributed by atoms with Crippen LogP contribution in [0.3, 0.4) is 0 Å². The van der Waals surface area contributed by atoms with Crippen molar-refractivity contribution in [3.63, 3.8) is 0 Å². The molecule has 0 N–H and O–H groups in total. The van der Waals surface area contributed by atoms with Gasteiger partial charge in [-0.1, -0.05) is 11.6 Å². The summed E-state index contributed by atoms with van der Waals surface area (Å²) in [4.78, 5) is 22.4. The predicted octanol–water partition coefficient (Wildman–Crippen LogP) is 1.35. The molecule has 0 bridgehead atoms. The first-order valence-corrected chi connectivity index (χ1v) is 4.58. The van der Waals surface area contributed by atoms with Crippen molar-refractivity contribution in [2.45, 2.75) is 6.92 Å². The van der Waals surface area contributed by atoms with Crippen molar-refractivity contribution in [2.75, 3.05) is 6.61 Å². The van der Waals surface area contributed by atoms with E-state index in [-0.39, 0.29) is 12.2 Å². The molecule has 1 rings (SSSR count). The summed E-state index contributed by atoms with van der Waals surface area (Å²) in [7, 11) is 1.32. The Balaban J connectivity index is 3.32. The molecule has 0 spiro atoms. The Labute approximate surface area is 90.2 Å². The second kappa shape index (κ2) is 4.44. The molecule has 6 heteroatoms. The van der Waals surface area contributed by atoms with Crippen molar-refractivity contribution < 1.29 is 13.9 Å². The van der Waals surface area contributed by atoms with Gasteiger partial charge in [0.1, 0.15) is 0 Å². The van der Waals surface area contributed by atoms with Crippen LogP contribution in [0.25, 0.3) is 0 Å². The SMILES string of the molecule is CCOC(=O)c1cn(C)c(=O)c(F)c1Cl. The molecule has 4 nitrogen and oxygen atoms in total. The third-order valence-electron chi connectivity index (χ3n) is 1.76. The van der Waals surface area contributed by atoms with E-state index < -0.39 is 22.4 Å². The Kier molecular flexibility index (Phi) is 3.47. The van der Waals surface area contributed by atoms with Crippen molar-refractivity contribution in [1.29, 1.82) is 0 Å². The largest absolute Gasteiger partial charge is 0.462 e. The van der Waals surface area contributed by atoms with Gasteiger partial charge in [0.05, 0.1) is 17.2 Å². The molecule has 0 unspecified atom stereocenters. The molecule has 1 aromatic heterocycles. The predicted molar refractivity (Wildman–Crippen MR) is 52.6 cm³/mol. The minimum atomic E-state index is -1.15. The zero-order chi connectivity index (χ0) is 11.6. The summed E-state index contributed by atoms with van der Waals surface area (Å²) in [6.45, 7) is 1.77. The summed E-state index contributed by atoms with van der Waals surface area (Å²) in [5.41, 5.74) is -1.04. The molecule has 0 amide bonds. The van der Waals surface area contributed by atoms with Gasteiger partial charge in [-0.15, -0.1) is 0 Å². The average Bonchev–Trinajstić information content (AvgIpc) is 2.20. The maximum Gasteiger partial charge on any atom is 0.341 e.